The molecule has 0 saturated carbocycles. The van der Waals surface area contributed by atoms with E-state index in [9.17, 15) is 24.9 Å². The highest BCUT2D eigenvalue weighted by atomic mass is 32.1. The summed E-state index contributed by atoms with van der Waals surface area (Å²) in [5.74, 6) is -5.56. The number of carboxylic acids is 1. The Morgan fingerprint density at radius 3 is 2.17 bits per heavy atom. The first-order chi connectivity index (χ1) is 27.9. The maximum absolute atomic E-state index is 14.7. The molecule has 4 saturated heterocycles. The standard InChI is InChI=1S/C47H80N2O10S/c1-14-32(41(52)53)34-18-17-26(4)39(56-34)30(8)37(50)29(7)38(51)33(15-2)40-27(5)25-28(6)46(57-40)22-19-35(48-42(60)49-43(10,11)12)47(59-46)24-23-44(13,58-47)36-20-21-45(54,16-3)31(9)55-36/h19,22,26-37,39-40,50,54H,14-18,20-21,23-25H2,1-13H3,(H,52,53)(H2,48,49,60)/t26-,27-,28+,29-,30-,31-,32+,33?,34+,35+,36+,37+,39+,40-,44-,45+,46-,47-/m0/s1. The zero-order valence-electron chi connectivity index (χ0n) is 38.9. The van der Waals surface area contributed by atoms with Crippen molar-refractivity contribution < 1.29 is 48.6 Å². The number of nitrogens with one attached hydrogen (secondary N) is 2. The molecule has 2 spiro atoms. The van der Waals surface area contributed by atoms with Crippen molar-refractivity contribution >= 4 is 29.1 Å². The van der Waals surface area contributed by atoms with Crippen LogP contribution in [0.15, 0.2) is 12.2 Å². The molecule has 5 heterocycles. The molecule has 0 radical (unpaired) electrons. The third kappa shape index (κ3) is 9.98. The summed E-state index contributed by atoms with van der Waals surface area (Å²) in [4.78, 5) is 26.7. The van der Waals surface area contributed by atoms with Gasteiger partial charge in [0.2, 0.25) is 0 Å². The van der Waals surface area contributed by atoms with Crippen molar-refractivity contribution in [2.75, 3.05) is 0 Å². The molecule has 0 amide bonds. The van der Waals surface area contributed by atoms with E-state index in [2.05, 4.69) is 65.2 Å². The average molecular weight is 865 g/mol. The number of ketones is 1. The minimum absolute atomic E-state index is 0.0160. The highest BCUT2D eigenvalue weighted by molar-refractivity contribution is 7.80. The Bertz CT molecular complexity index is 1560. The molecular formula is C47H80N2O10S. The second kappa shape index (κ2) is 18.8. The number of ether oxygens (including phenoxy) is 5. The fourth-order valence-corrected chi connectivity index (χ4v) is 11.6. The van der Waals surface area contributed by atoms with Crippen molar-refractivity contribution in [1.29, 1.82) is 0 Å². The van der Waals surface area contributed by atoms with Crippen LogP contribution in [0.3, 0.4) is 0 Å². The first kappa shape index (κ1) is 49.3. The third-order valence-electron chi connectivity index (χ3n) is 15.3. The van der Waals surface area contributed by atoms with Crippen LogP contribution >= 0.6 is 12.2 Å². The van der Waals surface area contributed by atoms with E-state index in [1.807, 2.05) is 40.7 Å². The van der Waals surface area contributed by atoms with Gasteiger partial charge in [0.15, 0.2) is 16.7 Å². The predicted octanol–water partition coefficient (Wildman–Crippen LogP) is 7.46. The van der Waals surface area contributed by atoms with E-state index in [1.54, 1.807) is 6.92 Å². The summed E-state index contributed by atoms with van der Waals surface area (Å²) in [6.45, 7) is 26.1. The van der Waals surface area contributed by atoms with E-state index in [0.29, 0.717) is 56.5 Å². The quantitative estimate of drug-likeness (QED) is 0.0917. The number of Topliss-reactive ketones (excluding diaryl/α,β-unsaturated/α-hetero) is 1. The number of aliphatic carboxylic acids is 1. The number of hydrogen-bond donors (Lipinski definition) is 5. The maximum atomic E-state index is 14.7. The first-order valence-corrected chi connectivity index (χ1v) is 23.6. The van der Waals surface area contributed by atoms with Gasteiger partial charge in [-0.15, -0.1) is 0 Å². The van der Waals surface area contributed by atoms with Crippen LogP contribution in [0.5, 0.6) is 0 Å². The Labute approximate surface area is 366 Å². The first-order valence-electron chi connectivity index (χ1n) is 23.2. The minimum atomic E-state index is -1.22. The van der Waals surface area contributed by atoms with Crippen LogP contribution in [0.1, 0.15) is 154 Å². The molecule has 4 fully saturated rings. The molecule has 0 aromatic rings. The lowest BCUT2D eigenvalue weighted by molar-refractivity contribution is -0.397. The van der Waals surface area contributed by atoms with Crippen LogP contribution in [-0.2, 0) is 33.3 Å². The lowest BCUT2D eigenvalue weighted by Crippen LogP contribution is -2.66. The summed E-state index contributed by atoms with van der Waals surface area (Å²) < 4.78 is 34.8. The van der Waals surface area contributed by atoms with E-state index in [1.165, 1.54) is 0 Å². The normalized spacial score (nSPS) is 42.3. The second-order valence-corrected chi connectivity index (χ2v) is 21.2. The predicted molar refractivity (Wildman–Crippen MR) is 235 cm³/mol. The number of aliphatic hydroxyl groups excluding tert-OH is 1. The number of thiocarbonyl (C=S) groups is 1. The Balaban J connectivity index is 1.40. The van der Waals surface area contributed by atoms with Gasteiger partial charge in [0.05, 0.1) is 53.7 Å². The van der Waals surface area contributed by atoms with Crippen LogP contribution in [0.4, 0.5) is 0 Å². The molecule has 13 heteroatoms. The molecule has 344 valence electrons. The van der Waals surface area contributed by atoms with Gasteiger partial charge >= 0.3 is 5.97 Å². The van der Waals surface area contributed by atoms with Gasteiger partial charge in [-0.1, -0.05) is 61.5 Å². The molecule has 0 aromatic heterocycles. The molecule has 18 atom stereocenters. The zero-order chi connectivity index (χ0) is 44.7. The van der Waals surface area contributed by atoms with Crippen molar-refractivity contribution in [3.8, 4) is 0 Å². The Kier molecular flexibility index (Phi) is 15.4. The average Bonchev–Trinajstić information content (AvgIpc) is 3.52. The third-order valence-corrected chi connectivity index (χ3v) is 15.5. The van der Waals surface area contributed by atoms with Crippen LogP contribution < -0.4 is 10.6 Å². The molecule has 1 unspecified atom stereocenters. The number of carbonyl (C=O) groups is 2. The summed E-state index contributed by atoms with van der Waals surface area (Å²) in [5.41, 5.74) is -1.89. The Morgan fingerprint density at radius 2 is 1.58 bits per heavy atom. The van der Waals surface area contributed by atoms with Gasteiger partial charge in [-0.3, -0.25) is 9.59 Å². The number of hydrogen-bond acceptors (Lipinski definition) is 10. The molecule has 12 nitrogen and oxygen atoms in total. The van der Waals surface area contributed by atoms with Gasteiger partial charge in [0.25, 0.3) is 0 Å². The smallest absolute Gasteiger partial charge is 0.309 e. The molecule has 0 aromatic carbocycles. The highest BCUT2D eigenvalue weighted by Crippen LogP contribution is 2.54. The summed E-state index contributed by atoms with van der Waals surface area (Å²) in [5, 5.41) is 40.3. The van der Waals surface area contributed by atoms with Crippen LogP contribution in [0.25, 0.3) is 0 Å². The van der Waals surface area contributed by atoms with Gasteiger partial charge in [0.1, 0.15) is 11.8 Å². The fourth-order valence-electron chi connectivity index (χ4n) is 11.2. The summed E-state index contributed by atoms with van der Waals surface area (Å²) >= 11 is 5.83. The number of aliphatic hydroxyl groups is 2. The van der Waals surface area contributed by atoms with Crippen LogP contribution in [-0.4, -0.2) is 103 Å². The fraction of sp³-hybridized carbons (Fsp3) is 0.894. The lowest BCUT2D eigenvalue weighted by Gasteiger charge is -2.55. The lowest BCUT2D eigenvalue weighted by atomic mass is 9.72. The van der Waals surface area contributed by atoms with E-state index in [4.69, 9.17) is 35.9 Å². The summed E-state index contributed by atoms with van der Waals surface area (Å²) in [7, 11) is 0. The van der Waals surface area contributed by atoms with E-state index >= 15 is 0 Å². The monoisotopic (exact) mass is 865 g/mol. The Morgan fingerprint density at radius 1 is 0.917 bits per heavy atom. The van der Waals surface area contributed by atoms with Crippen LogP contribution in [0.2, 0.25) is 0 Å². The topological polar surface area (TPSA) is 165 Å². The van der Waals surface area contributed by atoms with Gasteiger partial charge in [-0.2, -0.15) is 0 Å². The van der Waals surface area contributed by atoms with E-state index < -0.39 is 76.8 Å². The number of carbonyl (C=O) groups excluding carboxylic acids is 1. The van der Waals surface area contributed by atoms with Crippen molar-refractivity contribution in [1.82, 2.24) is 10.6 Å². The molecule has 60 heavy (non-hydrogen) atoms. The SMILES string of the molecule is CCC(C(=O)[C@@H](C)[C@@H](O)[C@H](C)[C@@H]1O[C@@H]([C@@H](CC)C(=O)O)CC[C@@H]1C)[C@H]1O[C@]2(C=C[C@@H](NC(=S)NC(C)(C)C)[C@]3(CC[C@@](C)([C@H]4CC[C@](O)(CC)[C@H](C)O4)O3)O2)[C@H](C)C[C@@H]1C. The Hall–Kier alpha value is -1.71. The van der Waals surface area contributed by atoms with Crippen LogP contribution in [0, 0.1) is 41.4 Å². The van der Waals surface area contributed by atoms with Gasteiger partial charge in [-0.25, -0.2) is 0 Å². The van der Waals surface area contributed by atoms with Crippen molar-refractivity contribution in [3.05, 3.63) is 12.2 Å². The van der Waals surface area contributed by atoms with E-state index in [-0.39, 0.29) is 47.4 Å². The van der Waals surface area contributed by atoms with Gasteiger partial charge < -0.3 is 49.6 Å². The molecule has 0 bridgehead atoms. The van der Waals surface area contributed by atoms with E-state index in [0.717, 1.165) is 12.8 Å². The summed E-state index contributed by atoms with van der Waals surface area (Å²) in [6.07, 6.45) is 7.32. The minimum Gasteiger partial charge on any atom is -0.481 e. The molecule has 0 aliphatic carbocycles. The molecule has 5 aliphatic heterocycles. The molecular weight excluding hydrogens is 785 g/mol. The summed E-state index contributed by atoms with van der Waals surface area (Å²) in [6, 6.07) is -0.471. The molecule has 5 N–H and O–H groups in total. The van der Waals surface area contributed by atoms with Crippen molar-refractivity contribution in [2.24, 2.45) is 41.4 Å². The van der Waals surface area contributed by atoms with Gasteiger partial charge in [-0.05, 0) is 123 Å². The largest absolute Gasteiger partial charge is 0.481 e. The number of carboxylic acid groups (broad SMARTS) is 1. The number of rotatable bonds is 13. The van der Waals surface area contributed by atoms with Crippen molar-refractivity contribution in [3.63, 3.8) is 0 Å². The van der Waals surface area contributed by atoms with Crippen molar-refractivity contribution in [2.45, 2.75) is 225 Å². The zero-order valence-corrected chi connectivity index (χ0v) is 39.7. The highest BCUT2D eigenvalue weighted by Gasteiger charge is 2.63. The maximum Gasteiger partial charge on any atom is 0.309 e. The second-order valence-electron chi connectivity index (χ2n) is 20.8. The van der Waals surface area contributed by atoms with Gasteiger partial charge in [0, 0.05) is 35.6 Å². The molecule has 5 aliphatic rings. The molecule has 5 rings (SSSR count).